The van der Waals surface area contributed by atoms with E-state index >= 15 is 0 Å². The molecule has 6 nitrogen and oxygen atoms in total. The lowest BCUT2D eigenvalue weighted by atomic mass is 9.87. The zero-order chi connectivity index (χ0) is 24.6. The van der Waals surface area contributed by atoms with E-state index in [9.17, 15) is 0 Å². The van der Waals surface area contributed by atoms with E-state index in [1.165, 1.54) is 11.1 Å². The molecule has 0 aromatic heterocycles. The second-order valence-electron chi connectivity index (χ2n) is 9.67. The van der Waals surface area contributed by atoms with Gasteiger partial charge in [-0.25, -0.2) is 0 Å². The predicted octanol–water partition coefficient (Wildman–Crippen LogP) is 4.92. The number of methoxy groups -OCH3 is 2. The first kappa shape index (κ1) is 26.3. The first-order chi connectivity index (χ1) is 16.3. The Labute approximate surface area is 210 Å². The van der Waals surface area contributed by atoms with Crippen molar-refractivity contribution >= 4 is 23.0 Å². The largest absolute Gasteiger partial charge is 0.497 e. The third kappa shape index (κ3) is 7.58. The molecule has 0 spiro atoms. The molecule has 2 aromatic carbocycles. The zero-order valence-corrected chi connectivity index (χ0v) is 22.0. The summed E-state index contributed by atoms with van der Waals surface area (Å²) in [6.07, 6.45) is 1.03. The number of morpholine rings is 1. The minimum absolute atomic E-state index is 0.137. The number of thiocarbonyl (C=S) groups is 1. The van der Waals surface area contributed by atoms with Crippen LogP contribution in [0.1, 0.15) is 38.3 Å². The molecule has 1 saturated heterocycles. The normalized spacial score (nSPS) is 14.5. The Morgan fingerprint density at radius 3 is 2.38 bits per heavy atom. The van der Waals surface area contributed by atoms with E-state index in [0.717, 1.165) is 63.8 Å². The summed E-state index contributed by atoms with van der Waals surface area (Å²) in [5.41, 5.74) is 3.54. The number of ether oxygens (including phenoxy) is 3. The van der Waals surface area contributed by atoms with E-state index in [1.807, 2.05) is 18.2 Å². The van der Waals surface area contributed by atoms with Gasteiger partial charge in [-0.15, -0.1) is 0 Å². The zero-order valence-electron chi connectivity index (χ0n) is 21.2. The number of nitrogens with zero attached hydrogens (tertiary/aromatic N) is 2. The van der Waals surface area contributed by atoms with E-state index < -0.39 is 0 Å². The standard InChI is InChI=1S/C27H39N3O3S/c1-27(2,3)22-9-7-21(8-10-22)20-30(14-6-13-29-15-17-33-18-16-29)26(34)28-24-12-11-23(31-4)19-25(24)32-5/h7-12,19H,6,13-18,20H2,1-5H3,(H,28,34). The number of anilines is 1. The highest BCUT2D eigenvalue weighted by Crippen LogP contribution is 2.29. The molecule has 0 radical (unpaired) electrons. The molecule has 0 bridgehead atoms. The van der Waals surface area contributed by atoms with Crippen molar-refractivity contribution in [2.24, 2.45) is 0 Å². The van der Waals surface area contributed by atoms with Gasteiger partial charge in [-0.1, -0.05) is 45.0 Å². The van der Waals surface area contributed by atoms with Crippen molar-refractivity contribution in [3.8, 4) is 11.5 Å². The molecule has 0 aliphatic carbocycles. The lowest BCUT2D eigenvalue weighted by Crippen LogP contribution is -2.40. The molecule has 1 heterocycles. The molecule has 1 N–H and O–H groups in total. The fourth-order valence-corrected chi connectivity index (χ4v) is 4.25. The molecule has 186 valence electrons. The van der Waals surface area contributed by atoms with Crippen LogP contribution in [-0.2, 0) is 16.7 Å². The van der Waals surface area contributed by atoms with Gasteiger partial charge in [0.2, 0.25) is 0 Å². The number of hydrogen-bond acceptors (Lipinski definition) is 5. The molecule has 0 saturated carbocycles. The maximum atomic E-state index is 5.87. The second kappa shape index (κ2) is 12.4. The summed E-state index contributed by atoms with van der Waals surface area (Å²) in [6, 6.07) is 14.6. The van der Waals surface area contributed by atoms with Crippen LogP contribution in [0.4, 0.5) is 5.69 Å². The molecule has 1 fully saturated rings. The van der Waals surface area contributed by atoms with Gasteiger partial charge in [0.25, 0.3) is 0 Å². The van der Waals surface area contributed by atoms with Gasteiger partial charge < -0.3 is 24.4 Å². The maximum absolute atomic E-state index is 5.87. The fourth-order valence-electron chi connectivity index (χ4n) is 3.99. The van der Waals surface area contributed by atoms with Crippen molar-refractivity contribution in [1.82, 2.24) is 9.80 Å². The number of nitrogens with one attached hydrogen (secondary N) is 1. The summed E-state index contributed by atoms with van der Waals surface area (Å²) in [7, 11) is 3.30. The van der Waals surface area contributed by atoms with Crippen LogP contribution in [0.2, 0.25) is 0 Å². The monoisotopic (exact) mass is 485 g/mol. The summed E-state index contributed by atoms with van der Waals surface area (Å²) < 4.78 is 16.4. The summed E-state index contributed by atoms with van der Waals surface area (Å²) >= 11 is 5.87. The molecule has 0 amide bonds. The SMILES string of the molecule is COc1ccc(NC(=S)N(CCCN2CCOCC2)Cc2ccc(C(C)(C)C)cc2)c(OC)c1. The second-order valence-corrected chi connectivity index (χ2v) is 10.1. The molecule has 1 aliphatic rings. The van der Waals surface area contributed by atoms with Crippen LogP contribution < -0.4 is 14.8 Å². The first-order valence-corrected chi connectivity index (χ1v) is 12.4. The van der Waals surface area contributed by atoms with Crippen LogP contribution in [0.3, 0.4) is 0 Å². The van der Waals surface area contributed by atoms with Gasteiger partial charge in [-0.05, 0) is 47.3 Å². The Morgan fingerprint density at radius 1 is 1.06 bits per heavy atom. The Balaban J connectivity index is 1.71. The fraction of sp³-hybridized carbons (Fsp3) is 0.519. The van der Waals surface area contributed by atoms with Crippen LogP contribution in [0, 0.1) is 0 Å². The third-order valence-electron chi connectivity index (χ3n) is 6.14. The van der Waals surface area contributed by atoms with Crippen LogP contribution >= 0.6 is 12.2 Å². The van der Waals surface area contributed by atoms with Gasteiger partial charge in [-0.3, -0.25) is 4.90 Å². The van der Waals surface area contributed by atoms with Gasteiger partial charge in [-0.2, -0.15) is 0 Å². The van der Waals surface area contributed by atoms with Crippen LogP contribution in [-0.4, -0.2) is 68.5 Å². The van der Waals surface area contributed by atoms with Crippen LogP contribution in [0.5, 0.6) is 11.5 Å². The maximum Gasteiger partial charge on any atom is 0.173 e. The Morgan fingerprint density at radius 2 is 1.76 bits per heavy atom. The minimum Gasteiger partial charge on any atom is -0.497 e. The molecule has 0 atom stereocenters. The van der Waals surface area contributed by atoms with Gasteiger partial charge in [0, 0.05) is 38.8 Å². The van der Waals surface area contributed by atoms with Crippen molar-refractivity contribution in [2.45, 2.75) is 39.2 Å². The van der Waals surface area contributed by atoms with Gasteiger partial charge in [0.15, 0.2) is 5.11 Å². The molecule has 7 heteroatoms. The van der Waals surface area contributed by atoms with E-state index in [1.54, 1.807) is 14.2 Å². The highest BCUT2D eigenvalue weighted by Gasteiger charge is 2.17. The van der Waals surface area contributed by atoms with Crippen LogP contribution in [0.25, 0.3) is 0 Å². The lowest BCUT2D eigenvalue weighted by molar-refractivity contribution is 0.0368. The Hall–Kier alpha value is -2.35. The number of rotatable bonds is 9. The highest BCUT2D eigenvalue weighted by atomic mass is 32.1. The number of benzene rings is 2. The average molecular weight is 486 g/mol. The number of hydrogen-bond donors (Lipinski definition) is 1. The predicted molar refractivity (Wildman–Crippen MR) is 143 cm³/mol. The molecule has 1 aliphatic heterocycles. The van der Waals surface area contributed by atoms with Gasteiger partial charge in [0.05, 0.1) is 33.1 Å². The van der Waals surface area contributed by atoms with Crippen molar-refractivity contribution < 1.29 is 14.2 Å². The minimum atomic E-state index is 0.137. The van der Waals surface area contributed by atoms with Gasteiger partial charge in [0.1, 0.15) is 11.5 Å². The molecular weight excluding hydrogens is 446 g/mol. The van der Waals surface area contributed by atoms with Crippen molar-refractivity contribution in [1.29, 1.82) is 0 Å². The van der Waals surface area contributed by atoms with Crippen LogP contribution in [0.15, 0.2) is 42.5 Å². The molecular formula is C27H39N3O3S. The summed E-state index contributed by atoms with van der Waals surface area (Å²) in [5, 5.41) is 4.09. The molecule has 3 rings (SSSR count). The van der Waals surface area contributed by atoms with Crippen molar-refractivity contribution in [3.63, 3.8) is 0 Å². The lowest BCUT2D eigenvalue weighted by Gasteiger charge is -2.30. The summed E-state index contributed by atoms with van der Waals surface area (Å²) in [6.45, 7) is 13.0. The summed E-state index contributed by atoms with van der Waals surface area (Å²) in [5.74, 6) is 1.44. The van der Waals surface area contributed by atoms with Gasteiger partial charge >= 0.3 is 0 Å². The quantitative estimate of drug-likeness (QED) is 0.506. The topological polar surface area (TPSA) is 46.2 Å². The molecule has 0 unspecified atom stereocenters. The highest BCUT2D eigenvalue weighted by molar-refractivity contribution is 7.80. The van der Waals surface area contributed by atoms with E-state index in [0.29, 0.717) is 10.9 Å². The van der Waals surface area contributed by atoms with Crippen molar-refractivity contribution in [3.05, 3.63) is 53.6 Å². The molecule has 34 heavy (non-hydrogen) atoms. The smallest absolute Gasteiger partial charge is 0.173 e. The Bertz CT molecular complexity index is 922. The average Bonchev–Trinajstić information content (AvgIpc) is 2.84. The van der Waals surface area contributed by atoms with E-state index in [2.05, 4.69) is 60.2 Å². The Kier molecular flexibility index (Phi) is 9.56. The first-order valence-electron chi connectivity index (χ1n) is 12.0. The van der Waals surface area contributed by atoms with E-state index in [-0.39, 0.29) is 5.41 Å². The molecule has 2 aromatic rings. The third-order valence-corrected chi connectivity index (χ3v) is 6.50. The van der Waals surface area contributed by atoms with Crippen molar-refractivity contribution in [2.75, 3.05) is 58.9 Å². The van der Waals surface area contributed by atoms with E-state index in [4.69, 9.17) is 26.4 Å². The summed E-state index contributed by atoms with van der Waals surface area (Å²) in [4.78, 5) is 4.70.